The Morgan fingerprint density at radius 2 is 0.541 bits per heavy atom. The first-order chi connectivity index (χ1) is 41.0. The van der Waals surface area contributed by atoms with E-state index in [2.05, 4.69) is 34.6 Å². The molecule has 85 heavy (non-hydrogen) atoms. The molecule has 0 saturated heterocycles. The van der Waals surface area contributed by atoms with E-state index in [0.717, 1.165) is 95.8 Å². The second-order valence-electron chi connectivity index (χ2n) is 24.3. The van der Waals surface area contributed by atoms with Crippen LogP contribution in [0.2, 0.25) is 0 Å². The van der Waals surface area contributed by atoms with E-state index in [-0.39, 0.29) is 25.7 Å². The van der Waals surface area contributed by atoms with Gasteiger partial charge < -0.3 is 33.8 Å². The highest BCUT2D eigenvalue weighted by Gasteiger charge is 2.30. The number of ether oxygens (including phenoxy) is 4. The van der Waals surface area contributed by atoms with E-state index in [0.29, 0.717) is 25.7 Å². The van der Waals surface area contributed by atoms with Crippen LogP contribution >= 0.6 is 15.6 Å². The maximum Gasteiger partial charge on any atom is 0.472 e. The molecule has 3 N–H and O–H groups in total. The number of phosphoric acid groups is 2. The Morgan fingerprint density at radius 1 is 0.318 bits per heavy atom. The molecule has 504 valence electrons. The fraction of sp³-hybridized carbons (Fsp3) is 0.939. The average molecular weight is 1260 g/mol. The summed E-state index contributed by atoms with van der Waals surface area (Å²) in [6.45, 7) is 7.18. The summed E-state index contributed by atoms with van der Waals surface area (Å²) in [6.07, 6.45) is 44.3. The van der Waals surface area contributed by atoms with Crippen molar-refractivity contribution in [3.8, 4) is 0 Å². The van der Waals surface area contributed by atoms with Crippen LogP contribution in [0.3, 0.4) is 0 Å². The van der Waals surface area contributed by atoms with Crippen LogP contribution in [0.15, 0.2) is 0 Å². The minimum atomic E-state index is -4.95. The minimum Gasteiger partial charge on any atom is -0.462 e. The molecule has 0 aromatic rings. The Labute approximate surface area is 517 Å². The number of phosphoric ester groups is 2. The lowest BCUT2D eigenvalue weighted by molar-refractivity contribution is -0.161. The maximum atomic E-state index is 13.0. The molecule has 2 unspecified atom stereocenters. The second-order valence-corrected chi connectivity index (χ2v) is 27.2. The third-order valence-corrected chi connectivity index (χ3v) is 17.2. The molecule has 0 amide bonds. The van der Waals surface area contributed by atoms with Crippen molar-refractivity contribution >= 4 is 39.5 Å². The second kappa shape index (κ2) is 59.7. The molecule has 0 aromatic carbocycles. The normalized spacial score (nSPS) is 14.2. The fourth-order valence-corrected chi connectivity index (χ4v) is 11.5. The molecule has 0 rings (SSSR count). The molecule has 0 aromatic heterocycles. The van der Waals surface area contributed by atoms with E-state index in [1.165, 1.54) is 161 Å². The standard InChI is InChI=1S/C66H128O17P2/c1-6-9-12-15-18-21-23-24-26-31-37-42-47-52-66(71)83-62(56-77-64(69)50-45-40-35-32-27-29-33-38-43-48-59(4)5)58-81-85(74,75)79-54-60(67)53-78-84(72,73)80-57-61(55-76-63(68)49-44-39-34-28-20-17-14-11-8-3)82-65(70)51-46-41-36-30-25-22-19-16-13-10-7-2/h59-62,67H,6-58H2,1-5H3,(H,72,73)(H,74,75)/t60-,61+,62+/m0/s1. The molecule has 0 heterocycles. The minimum absolute atomic E-state index is 0.107. The van der Waals surface area contributed by atoms with Crippen molar-refractivity contribution in [2.75, 3.05) is 39.6 Å². The van der Waals surface area contributed by atoms with Gasteiger partial charge in [-0.2, -0.15) is 0 Å². The van der Waals surface area contributed by atoms with Gasteiger partial charge in [0, 0.05) is 25.7 Å². The summed E-state index contributed by atoms with van der Waals surface area (Å²) >= 11 is 0. The highest BCUT2D eigenvalue weighted by atomic mass is 31.2. The summed E-state index contributed by atoms with van der Waals surface area (Å²) in [5.74, 6) is -1.38. The maximum absolute atomic E-state index is 13.0. The molecule has 0 saturated carbocycles. The number of carbonyl (C=O) groups excluding carboxylic acids is 4. The lowest BCUT2D eigenvalue weighted by Crippen LogP contribution is -2.30. The molecule has 0 aliphatic rings. The van der Waals surface area contributed by atoms with Crippen LogP contribution in [0.4, 0.5) is 0 Å². The molecule has 19 heteroatoms. The lowest BCUT2D eigenvalue weighted by atomic mass is 10.0. The molecule has 5 atom stereocenters. The van der Waals surface area contributed by atoms with Gasteiger partial charge in [0.05, 0.1) is 26.4 Å². The molecule has 0 radical (unpaired) electrons. The first kappa shape index (κ1) is 83.1. The number of rotatable bonds is 66. The fourth-order valence-electron chi connectivity index (χ4n) is 9.94. The summed E-state index contributed by atoms with van der Waals surface area (Å²) in [5.41, 5.74) is 0. The Kier molecular flexibility index (Phi) is 58.3. The van der Waals surface area contributed by atoms with E-state index < -0.39 is 97.5 Å². The van der Waals surface area contributed by atoms with Crippen molar-refractivity contribution in [1.29, 1.82) is 0 Å². The Bertz CT molecular complexity index is 1650. The Hall–Kier alpha value is -1.94. The number of carbonyl (C=O) groups is 4. The van der Waals surface area contributed by atoms with Crippen LogP contribution in [0, 0.1) is 5.92 Å². The largest absolute Gasteiger partial charge is 0.472 e. The monoisotopic (exact) mass is 1250 g/mol. The van der Waals surface area contributed by atoms with Crippen LogP contribution in [0.5, 0.6) is 0 Å². The van der Waals surface area contributed by atoms with Gasteiger partial charge in [-0.1, -0.05) is 285 Å². The van der Waals surface area contributed by atoms with Crippen molar-refractivity contribution in [2.24, 2.45) is 5.92 Å². The molecule has 0 bridgehead atoms. The predicted octanol–water partition coefficient (Wildman–Crippen LogP) is 18.6. The summed E-state index contributed by atoms with van der Waals surface area (Å²) in [6, 6.07) is 0. The molecule has 0 spiro atoms. The van der Waals surface area contributed by atoms with Gasteiger partial charge >= 0.3 is 39.5 Å². The van der Waals surface area contributed by atoms with Gasteiger partial charge in [0.1, 0.15) is 19.3 Å². The topological polar surface area (TPSA) is 237 Å². The number of hydrogen-bond acceptors (Lipinski definition) is 15. The zero-order valence-corrected chi connectivity index (χ0v) is 56.5. The SMILES string of the molecule is CCCCCCCCCCCCCCCC(=O)O[C@H](COC(=O)CCCCCCCCCCCC(C)C)COP(=O)(O)OC[C@@H](O)COP(=O)(O)OC[C@@H](COC(=O)CCCCCCCCCCC)OC(=O)CCCCCCCCCCCCC. The van der Waals surface area contributed by atoms with Crippen molar-refractivity contribution in [3.05, 3.63) is 0 Å². The van der Waals surface area contributed by atoms with E-state index in [9.17, 15) is 43.2 Å². The van der Waals surface area contributed by atoms with E-state index in [4.69, 9.17) is 37.0 Å². The molecule has 17 nitrogen and oxygen atoms in total. The summed E-state index contributed by atoms with van der Waals surface area (Å²) in [7, 11) is -9.89. The molecule has 0 fully saturated rings. The average Bonchev–Trinajstić information content (AvgIpc) is 3.49. The third kappa shape index (κ3) is 60.7. The van der Waals surface area contributed by atoms with Gasteiger partial charge in [-0.15, -0.1) is 0 Å². The van der Waals surface area contributed by atoms with Gasteiger partial charge in [0.15, 0.2) is 12.2 Å². The molecular weight excluding hydrogens is 1130 g/mol. The van der Waals surface area contributed by atoms with Crippen molar-refractivity contribution in [1.82, 2.24) is 0 Å². The number of aliphatic hydroxyl groups excluding tert-OH is 1. The van der Waals surface area contributed by atoms with Gasteiger partial charge in [-0.05, 0) is 31.6 Å². The predicted molar refractivity (Wildman–Crippen MR) is 340 cm³/mol. The molecule has 0 aliphatic heterocycles. The van der Waals surface area contributed by atoms with Gasteiger partial charge in [-0.3, -0.25) is 37.3 Å². The van der Waals surface area contributed by atoms with Crippen molar-refractivity contribution < 1.29 is 80.2 Å². The third-order valence-electron chi connectivity index (χ3n) is 15.3. The number of hydrogen-bond donors (Lipinski definition) is 3. The highest BCUT2D eigenvalue weighted by Crippen LogP contribution is 2.45. The Balaban J connectivity index is 5.24. The van der Waals surface area contributed by atoms with Gasteiger partial charge in [0.2, 0.25) is 0 Å². The van der Waals surface area contributed by atoms with E-state index >= 15 is 0 Å². The zero-order chi connectivity index (χ0) is 62.8. The van der Waals surface area contributed by atoms with Crippen LogP contribution in [-0.4, -0.2) is 96.7 Å². The summed E-state index contributed by atoms with van der Waals surface area (Å²) in [4.78, 5) is 72.3. The smallest absolute Gasteiger partial charge is 0.462 e. The van der Waals surface area contributed by atoms with Crippen LogP contribution < -0.4 is 0 Å². The molecule has 0 aliphatic carbocycles. The van der Waals surface area contributed by atoms with Gasteiger partial charge in [-0.25, -0.2) is 9.13 Å². The van der Waals surface area contributed by atoms with Gasteiger partial charge in [0.25, 0.3) is 0 Å². The first-order valence-corrected chi connectivity index (χ1v) is 37.6. The summed E-state index contributed by atoms with van der Waals surface area (Å²) in [5, 5.41) is 10.5. The number of aliphatic hydroxyl groups is 1. The van der Waals surface area contributed by atoms with Crippen LogP contribution in [0.25, 0.3) is 0 Å². The quantitative estimate of drug-likeness (QED) is 0.0222. The Morgan fingerprint density at radius 3 is 0.800 bits per heavy atom. The number of esters is 4. The van der Waals surface area contributed by atoms with E-state index in [1.54, 1.807) is 0 Å². The lowest BCUT2D eigenvalue weighted by Gasteiger charge is -2.21. The zero-order valence-electron chi connectivity index (χ0n) is 54.7. The number of unbranched alkanes of at least 4 members (excludes halogenated alkanes) is 38. The highest BCUT2D eigenvalue weighted by molar-refractivity contribution is 7.47. The molecular formula is C66H128O17P2. The van der Waals surface area contributed by atoms with Crippen molar-refractivity contribution in [2.45, 2.75) is 355 Å². The van der Waals surface area contributed by atoms with E-state index in [1.807, 2.05) is 0 Å². The van der Waals surface area contributed by atoms with Crippen LogP contribution in [-0.2, 0) is 65.4 Å². The van der Waals surface area contributed by atoms with Crippen LogP contribution in [0.1, 0.15) is 336 Å². The van der Waals surface area contributed by atoms with Crippen molar-refractivity contribution in [3.63, 3.8) is 0 Å². The first-order valence-electron chi connectivity index (χ1n) is 34.6. The summed E-state index contributed by atoms with van der Waals surface area (Å²) < 4.78 is 68.1.